The Bertz CT molecular complexity index is 1080. The molecule has 0 saturated carbocycles. The van der Waals surface area contributed by atoms with Gasteiger partial charge in [-0.05, 0) is 69.7 Å². The van der Waals surface area contributed by atoms with Crippen molar-refractivity contribution in [2.24, 2.45) is 0 Å². The van der Waals surface area contributed by atoms with E-state index in [2.05, 4.69) is 5.32 Å². The molecule has 2 aromatic carbocycles. The van der Waals surface area contributed by atoms with E-state index in [0.717, 1.165) is 4.31 Å². The maximum atomic E-state index is 13.3. The molecule has 0 bridgehead atoms. The van der Waals surface area contributed by atoms with Crippen molar-refractivity contribution in [1.29, 1.82) is 0 Å². The number of nitrogens with one attached hydrogen (secondary N) is 1. The summed E-state index contributed by atoms with van der Waals surface area (Å²) in [6.45, 7) is 6.53. The van der Waals surface area contributed by atoms with Crippen LogP contribution in [-0.4, -0.2) is 54.6 Å². The van der Waals surface area contributed by atoms with Gasteiger partial charge in [-0.25, -0.2) is 12.8 Å². The van der Waals surface area contributed by atoms with Crippen molar-refractivity contribution >= 4 is 33.4 Å². The van der Waals surface area contributed by atoms with E-state index in [0.29, 0.717) is 10.6 Å². The van der Waals surface area contributed by atoms with Crippen molar-refractivity contribution in [3.8, 4) is 0 Å². The second-order valence-corrected chi connectivity index (χ2v) is 11.3. The third-order valence-corrected chi connectivity index (χ3v) is 6.88. The number of halogens is 2. The highest BCUT2D eigenvalue weighted by Gasteiger charge is 2.31. The molecule has 0 unspecified atom stereocenters. The van der Waals surface area contributed by atoms with E-state index in [4.69, 9.17) is 11.6 Å². The molecule has 1 atom stereocenters. The fourth-order valence-electron chi connectivity index (χ4n) is 3.00. The molecule has 33 heavy (non-hydrogen) atoms. The summed E-state index contributed by atoms with van der Waals surface area (Å²) in [5.74, 6) is -1.39. The average molecular weight is 498 g/mol. The molecular formula is C23H29ClFN3O4S. The van der Waals surface area contributed by atoms with Gasteiger partial charge in [0.2, 0.25) is 21.8 Å². The maximum Gasteiger partial charge on any atom is 0.243 e. The third kappa shape index (κ3) is 7.52. The predicted molar refractivity (Wildman–Crippen MR) is 126 cm³/mol. The standard InChI is InChI=1S/C23H29ClFN3O4S/c1-16(22(30)26-23(2,3)4)28(14-17-6-10-19(25)11-7-17)21(29)15-27(5)33(31,32)20-12-8-18(24)9-13-20/h6-13,16H,14-15H2,1-5H3,(H,26,30)/t16-/m1/s1. The highest BCUT2D eigenvalue weighted by atomic mass is 35.5. The fourth-order valence-corrected chi connectivity index (χ4v) is 4.24. The Balaban J connectivity index is 2.28. The smallest absolute Gasteiger partial charge is 0.243 e. The van der Waals surface area contributed by atoms with Gasteiger partial charge in [0.1, 0.15) is 11.9 Å². The number of sulfonamides is 1. The van der Waals surface area contributed by atoms with E-state index in [-0.39, 0.29) is 17.3 Å². The third-order valence-electron chi connectivity index (χ3n) is 4.81. The number of amides is 2. The zero-order valence-corrected chi connectivity index (χ0v) is 20.9. The molecule has 0 aliphatic rings. The molecule has 2 amide bonds. The number of nitrogens with zero attached hydrogens (tertiary/aromatic N) is 2. The van der Waals surface area contributed by atoms with E-state index in [1.54, 1.807) is 6.92 Å². The molecular weight excluding hydrogens is 469 g/mol. The van der Waals surface area contributed by atoms with Crippen LogP contribution in [-0.2, 0) is 26.2 Å². The van der Waals surface area contributed by atoms with Crippen molar-refractivity contribution in [3.05, 3.63) is 64.9 Å². The van der Waals surface area contributed by atoms with Crippen molar-refractivity contribution in [2.75, 3.05) is 13.6 Å². The zero-order valence-electron chi connectivity index (χ0n) is 19.3. The molecule has 2 aromatic rings. The van der Waals surface area contributed by atoms with Crippen LogP contribution in [0.15, 0.2) is 53.4 Å². The van der Waals surface area contributed by atoms with Crippen LogP contribution in [0.3, 0.4) is 0 Å². The number of likely N-dealkylation sites (N-methyl/N-ethyl adjacent to an activating group) is 1. The monoisotopic (exact) mass is 497 g/mol. The van der Waals surface area contributed by atoms with Crippen molar-refractivity contribution in [1.82, 2.24) is 14.5 Å². The molecule has 0 aliphatic heterocycles. The Hall–Kier alpha value is -2.49. The molecule has 10 heteroatoms. The number of carbonyl (C=O) groups is 2. The van der Waals surface area contributed by atoms with Gasteiger partial charge in [-0.3, -0.25) is 9.59 Å². The zero-order chi connectivity index (χ0) is 25.0. The summed E-state index contributed by atoms with van der Waals surface area (Å²) in [5.41, 5.74) is 0.0772. The summed E-state index contributed by atoms with van der Waals surface area (Å²) in [6, 6.07) is 10.3. The van der Waals surface area contributed by atoms with Crippen molar-refractivity contribution < 1.29 is 22.4 Å². The molecule has 2 rings (SSSR count). The second-order valence-electron chi connectivity index (χ2n) is 8.78. The summed E-state index contributed by atoms with van der Waals surface area (Å²) in [6.07, 6.45) is 0. The minimum atomic E-state index is -3.96. The fraction of sp³-hybridized carbons (Fsp3) is 0.391. The summed E-state index contributed by atoms with van der Waals surface area (Å²) < 4.78 is 40.0. The molecule has 0 fully saturated rings. The Morgan fingerprint density at radius 1 is 1.06 bits per heavy atom. The Kier molecular flexibility index (Phi) is 8.62. The van der Waals surface area contributed by atoms with Crippen LogP contribution in [0.5, 0.6) is 0 Å². The van der Waals surface area contributed by atoms with E-state index >= 15 is 0 Å². The largest absolute Gasteiger partial charge is 0.350 e. The lowest BCUT2D eigenvalue weighted by atomic mass is 10.1. The van der Waals surface area contributed by atoms with Gasteiger partial charge in [-0.15, -0.1) is 0 Å². The van der Waals surface area contributed by atoms with Crippen LogP contribution in [0.2, 0.25) is 5.02 Å². The van der Waals surface area contributed by atoms with Gasteiger partial charge in [0.15, 0.2) is 0 Å². The highest BCUT2D eigenvalue weighted by Crippen LogP contribution is 2.19. The summed E-state index contributed by atoms with van der Waals surface area (Å²) in [5, 5.41) is 3.21. The SMILES string of the molecule is C[C@H](C(=O)NC(C)(C)C)N(Cc1ccc(F)cc1)C(=O)CN(C)S(=O)(=O)c1ccc(Cl)cc1. The van der Waals surface area contributed by atoms with Crippen molar-refractivity contribution in [2.45, 2.75) is 50.7 Å². The van der Waals surface area contributed by atoms with E-state index in [1.807, 2.05) is 20.8 Å². The number of benzene rings is 2. The first kappa shape index (κ1) is 26.8. The first-order chi connectivity index (χ1) is 15.2. The highest BCUT2D eigenvalue weighted by molar-refractivity contribution is 7.89. The van der Waals surface area contributed by atoms with Gasteiger partial charge in [0, 0.05) is 24.2 Å². The number of hydrogen-bond donors (Lipinski definition) is 1. The summed E-state index contributed by atoms with van der Waals surface area (Å²) in [7, 11) is -2.67. The van der Waals surface area contributed by atoms with E-state index in [1.165, 1.54) is 60.5 Å². The molecule has 0 spiro atoms. The number of carbonyl (C=O) groups excluding carboxylic acids is 2. The molecule has 7 nitrogen and oxygen atoms in total. The Morgan fingerprint density at radius 3 is 2.12 bits per heavy atom. The van der Waals surface area contributed by atoms with Gasteiger partial charge in [0.05, 0.1) is 11.4 Å². The second kappa shape index (κ2) is 10.6. The molecule has 0 saturated heterocycles. The predicted octanol–water partition coefficient (Wildman–Crippen LogP) is 3.43. The minimum Gasteiger partial charge on any atom is -0.350 e. The van der Waals surface area contributed by atoms with Gasteiger partial charge < -0.3 is 10.2 Å². The van der Waals surface area contributed by atoms with Crippen LogP contribution < -0.4 is 5.32 Å². The lowest BCUT2D eigenvalue weighted by Crippen LogP contribution is -2.54. The molecule has 0 heterocycles. The van der Waals surface area contributed by atoms with Gasteiger partial charge in [-0.2, -0.15) is 4.31 Å². The van der Waals surface area contributed by atoms with Crippen molar-refractivity contribution in [3.63, 3.8) is 0 Å². The van der Waals surface area contributed by atoms with Gasteiger partial charge >= 0.3 is 0 Å². The molecule has 0 aromatic heterocycles. The normalized spacial score (nSPS) is 13.0. The molecule has 1 N–H and O–H groups in total. The van der Waals surface area contributed by atoms with Gasteiger partial charge in [-0.1, -0.05) is 23.7 Å². The molecule has 0 radical (unpaired) electrons. The molecule has 180 valence electrons. The van der Waals surface area contributed by atoms with Crippen LogP contribution in [0.1, 0.15) is 33.3 Å². The number of rotatable bonds is 8. The van der Waals surface area contributed by atoms with Crippen LogP contribution in [0.25, 0.3) is 0 Å². The van der Waals surface area contributed by atoms with Crippen LogP contribution in [0, 0.1) is 5.82 Å². The van der Waals surface area contributed by atoms with E-state index < -0.39 is 39.9 Å². The maximum absolute atomic E-state index is 13.3. The summed E-state index contributed by atoms with van der Waals surface area (Å²) in [4.78, 5) is 27.3. The van der Waals surface area contributed by atoms with Crippen LogP contribution >= 0.6 is 11.6 Å². The average Bonchev–Trinajstić information content (AvgIpc) is 2.71. The summed E-state index contributed by atoms with van der Waals surface area (Å²) >= 11 is 5.83. The first-order valence-electron chi connectivity index (χ1n) is 10.3. The Morgan fingerprint density at radius 2 is 1.61 bits per heavy atom. The topological polar surface area (TPSA) is 86.8 Å². The lowest BCUT2D eigenvalue weighted by Gasteiger charge is -2.32. The van der Waals surface area contributed by atoms with E-state index in [9.17, 15) is 22.4 Å². The minimum absolute atomic E-state index is 0.00662. The quantitative estimate of drug-likeness (QED) is 0.605. The first-order valence-corrected chi connectivity index (χ1v) is 12.1. The Labute approximate surface area is 199 Å². The molecule has 0 aliphatic carbocycles. The van der Waals surface area contributed by atoms with Crippen LogP contribution in [0.4, 0.5) is 4.39 Å². The van der Waals surface area contributed by atoms with Gasteiger partial charge in [0.25, 0.3) is 0 Å². The number of hydrogen-bond acceptors (Lipinski definition) is 4. The lowest BCUT2D eigenvalue weighted by molar-refractivity contribution is -0.141.